The van der Waals surface area contributed by atoms with Crippen LogP contribution in [0.4, 0.5) is 0 Å². The summed E-state index contributed by atoms with van der Waals surface area (Å²) in [5.41, 5.74) is 0. The minimum atomic E-state index is 0. The molecule has 2 heterocycles. The third kappa shape index (κ3) is 10.4. The van der Waals surface area contributed by atoms with Gasteiger partial charge in [0.1, 0.15) is 0 Å². The van der Waals surface area contributed by atoms with Crippen LogP contribution in [-0.4, -0.2) is 47.8 Å². The number of rotatable bonds is 0. The van der Waals surface area contributed by atoms with Crippen LogP contribution in [0, 0.1) is 55.3 Å². The molecule has 2 aromatic rings. The van der Waals surface area contributed by atoms with Crippen LogP contribution in [0.2, 0.25) is 0 Å². The van der Waals surface area contributed by atoms with E-state index in [9.17, 15) is 0 Å². The van der Waals surface area contributed by atoms with Crippen LogP contribution in [-0.2, 0) is 0 Å². The van der Waals surface area contributed by atoms with E-state index in [1.54, 1.807) is 22.7 Å². The first-order chi connectivity index (χ1) is 3.97. The zero-order valence-electron chi connectivity index (χ0n) is 11.0. The van der Waals surface area contributed by atoms with Gasteiger partial charge in [-0.05, 0) is 0 Å². The molecular formula is C12H20S2Sn2. The van der Waals surface area contributed by atoms with Crippen molar-refractivity contribution in [2.24, 2.45) is 0 Å². The summed E-state index contributed by atoms with van der Waals surface area (Å²) in [7, 11) is 0. The average Bonchev–Trinajstić information content (AvgIpc) is 2.15. The zero-order valence-corrected chi connectivity index (χ0v) is 18.3. The van der Waals surface area contributed by atoms with E-state index in [2.05, 4.69) is 10.8 Å². The Hall–Kier alpha value is 1.26. The first-order valence-electron chi connectivity index (χ1n) is 2.22. The van der Waals surface area contributed by atoms with Crippen LogP contribution in [0.3, 0.4) is 0 Å². The molecule has 2 rings (SSSR count). The average molecular weight is 466 g/mol. The predicted octanol–water partition coefficient (Wildman–Crippen LogP) is 4.50. The van der Waals surface area contributed by atoms with Crippen molar-refractivity contribution in [3.05, 3.63) is 67.5 Å². The largest absolute Gasteiger partial charge is 4.00 e. The van der Waals surface area contributed by atoms with Gasteiger partial charge in [-0.2, -0.15) is 12.1 Å². The second-order valence-electron chi connectivity index (χ2n) is 1.46. The molecule has 0 aliphatic carbocycles. The number of fused-ring (bicyclic) bond motifs is 1. The fourth-order valence-electron chi connectivity index (χ4n) is 0.595. The number of hydrogen-bond acceptors (Lipinski definition) is 2. The minimum absolute atomic E-state index is 0. The molecule has 88 valence electrons. The van der Waals surface area contributed by atoms with Gasteiger partial charge >= 0.3 is 47.8 Å². The van der Waals surface area contributed by atoms with Gasteiger partial charge < -0.3 is 44.6 Å². The fraction of sp³-hybridized carbons (Fsp3) is 0. The Balaban J connectivity index is -0.0000000202. The number of hydrogen-bond donors (Lipinski definition) is 0. The molecule has 0 fully saturated rings. The second kappa shape index (κ2) is 21.5. The van der Waals surface area contributed by atoms with Gasteiger partial charge in [0.15, 0.2) is 0 Å². The van der Waals surface area contributed by atoms with E-state index in [-0.39, 0.29) is 92.4 Å². The molecule has 16 heavy (non-hydrogen) atoms. The molecule has 0 amide bonds. The molecule has 0 saturated carbocycles. The Labute approximate surface area is 146 Å². The molecule has 0 aromatic carbocycles. The zero-order chi connectivity index (χ0) is 5.40. The smallest absolute Gasteiger partial charge is 0.358 e. The molecule has 0 nitrogen and oxygen atoms in total. The fourth-order valence-corrected chi connectivity index (χ4v) is 2.16. The molecule has 2 aromatic heterocycles. The van der Waals surface area contributed by atoms with E-state index < -0.39 is 0 Å². The van der Waals surface area contributed by atoms with Crippen LogP contribution in [0.1, 0.15) is 0 Å². The molecule has 0 spiro atoms. The molecule has 4 heteroatoms. The molecule has 0 radical (unpaired) electrons. The van der Waals surface area contributed by atoms with Gasteiger partial charge in [0.2, 0.25) is 0 Å². The van der Waals surface area contributed by atoms with E-state index >= 15 is 0 Å². The molecule has 0 unspecified atom stereocenters. The van der Waals surface area contributed by atoms with Crippen molar-refractivity contribution in [2.75, 3.05) is 0 Å². The number of thiophene rings is 2. The summed E-state index contributed by atoms with van der Waals surface area (Å²) in [5, 5.41) is 6.10. The topological polar surface area (TPSA) is 0 Å². The maximum Gasteiger partial charge on any atom is 4.00 e. The van der Waals surface area contributed by atoms with Crippen LogP contribution in [0.25, 0.3) is 9.40 Å². The van der Waals surface area contributed by atoms with Gasteiger partial charge in [0.05, 0.1) is 0 Å². The summed E-state index contributed by atoms with van der Waals surface area (Å²) >= 11 is 3.30. The van der Waals surface area contributed by atoms with E-state index in [1.165, 1.54) is 9.40 Å². The maximum atomic E-state index is 3.05. The van der Waals surface area contributed by atoms with Crippen molar-refractivity contribution in [1.29, 1.82) is 0 Å². The third-order valence-corrected chi connectivity index (χ3v) is 2.68. The quantitative estimate of drug-likeness (QED) is 0.397. The van der Waals surface area contributed by atoms with Crippen LogP contribution >= 0.6 is 22.7 Å². The van der Waals surface area contributed by atoms with Crippen LogP contribution in [0.5, 0.6) is 0 Å². The van der Waals surface area contributed by atoms with Crippen molar-refractivity contribution in [3.8, 4) is 0 Å². The van der Waals surface area contributed by atoms with E-state index in [0.717, 1.165) is 0 Å². The predicted molar refractivity (Wildman–Crippen MR) is 87.4 cm³/mol. The van der Waals surface area contributed by atoms with Crippen molar-refractivity contribution < 1.29 is 0 Å². The Bertz CT molecular complexity index is 238. The van der Waals surface area contributed by atoms with Gasteiger partial charge in [-0.25, -0.2) is 0 Å². The van der Waals surface area contributed by atoms with Crippen LogP contribution in [0.15, 0.2) is 12.1 Å². The van der Waals surface area contributed by atoms with Gasteiger partial charge in [-0.1, -0.05) is 0 Å². The molecule has 0 atom stereocenters. The van der Waals surface area contributed by atoms with E-state index in [0.29, 0.717) is 0 Å². The summed E-state index contributed by atoms with van der Waals surface area (Å²) < 4.78 is 2.60. The van der Waals surface area contributed by atoms with Gasteiger partial charge in [0, 0.05) is 0 Å². The summed E-state index contributed by atoms with van der Waals surface area (Å²) in [6.45, 7) is 0. The standard InChI is InChI=1S/C6H2S2.6CH3.2Sn/c1-3-7-6-2-4-8-5(1)6;;;;;;;;/h1-2H;6*1H3;;/q-2;6*-1;2*+4. The van der Waals surface area contributed by atoms with Crippen molar-refractivity contribution >= 4 is 79.9 Å². The summed E-state index contributed by atoms with van der Waals surface area (Å²) in [4.78, 5) is 0. The Morgan fingerprint density at radius 2 is 0.875 bits per heavy atom. The maximum absolute atomic E-state index is 3.05. The second-order valence-corrected chi connectivity index (χ2v) is 3.22. The first-order valence-corrected chi connectivity index (χ1v) is 3.85. The van der Waals surface area contributed by atoms with E-state index in [4.69, 9.17) is 0 Å². The van der Waals surface area contributed by atoms with Gasteiger partial charge in [-0.15, -0.1) is 20.2 Å². The molecular weight excluding hydrogens is 446 g/mol. The Morgan fingerprint density at radius 3 is 1.12 bits per heavy atom. The van der Waals surface area contributed by atoms with Crippen molar-refractivity contribution in [1.82, 2.24) is 0 Å². The van der Waals surface area contributed by atoms with Gasteiger partial charge in [0.25, 0.3) is 0 Å². The molecule has 0 bridgehead atoms. The van der Waals surface area contributed by atoms with Crippen molar-refractivity contribution in [3.63, 3.8) is 0 Å². The Kier molecular flexibility index (Phi) is 58.3. The summed E-state index contributed by atoms with van der Waals surface area (Å²) in [6, 6.07) is 4.00. The van der Waals surface area contributed by atoms with Gasteiger partial charge in [-0.3, -0.25) is 22.7 Å². The summed E-state index contributed by atoms with van der Waals surface area (Å²) in [5.74, 6) is 0. The molecule has 0 aliphatic rings. The normalized spacial score (nSPS) is 5.25. The Morgan fingerprint density at radius 1 is 0.625 bits per heavy atom. The molecule has 0 saturated heterocycles. The first kappa shape index (κ1) is 43.4. The minimum Gasteiger partial charge on any atom is -0.358 e. The monoisotopic (exact) mass is 468 g/mol. The van der Waals surface area contributed by atoms with Crippen molar-refractivity contribution in [2.45, 2.75) is 0 Å². The molecule has 0 aliphatic heterocycles. The van der Waals surface area contributed by atoms with Crippen LogP contribution < -0.4 is 0 Å². The SMILES string of the molecule is [CH3-].[CH3-].[CH3-].[CH3-].[CH3-].[CH3-].[Sn+4].[Sn+4].[c-]1cc2s[c-]cc2s1. The van der Waals surface area contributed by atoms with E-state index in [1.807, 2.05) is 12.1 Å². The third-order valence-electron chi connectivity index (χ3n) is 0.961. The summed E-state index contributed by atoms with van der Waals surface area (Å²) in [6.07, 6.45) is 0. The molecule has 0 N–H and O–H groups in total.